The molecule has 0 saturated heterocycles. The minimum Gasteiger partial charge on any atom is -0.348 e. The molecule has 2 aromatic carbocycles. The number of rotatable bonds is 6. The average molecular weight is 420 g/mol. The monoisotopic (exact) mass is 419 g/mol. The van der Waals surface area contributed by atoms with Crippen LogP contribution in [-0.4, -0.2) is 29.8 Å². The van der Waals surface area contributed by atoms with Gasteiger partial charge in [-0.3, -0.25) is 14.5 Å². The Labute approximate surface area is 180 Å². The second-order valence-corrected chi connectivity index (χ2v) is 8.46. The van der Waals surface area contributed by atoms with Crippen molar-refractivity contribution >= 4 is 28.8 Å². The van der Waals surface area contributed by atoms with Crippen LogP contribution in [0.15, 0.2) is 66.0 Å². The number of benzene rings is 2. The molecule has 2 amide bonds. The molecule has 2 N–H and O–H groups in total. The van der Waals surface area contributed by atoms with Gasteiger partial charge in [0.1, 0.15) is 0 Å². The molecular weight excluding hydrogens is 394 g/mol. The van der Waals surface area contributed by atoms with E-state index in [0.29, 0.717) is 24.3 Å². The van der Waals surface area contributed by atoms with Crippen LogP contribution in [0.5, 0.6) is 0 Å². The Kier molecular flexibility index (Phi) is 6.26. The third kappa shape index (κ3) is 4.61. The molecular formula is C24H25N3O2S. The van der Waals surface area contributed by atoms with Crippen LogP contribution < -0.4 is 10.6 Å². The fourth-order valence-electron chi connectivity index (χ4n) is 3.82. The van der Waals surface area contributed by atoms with Crippen molar-refractivity contribution in [2.45, 2.75) is 25.9 Å². The summed E-state index contributed by atoms with van der Waals surface area (Å²) in [5.41, 5.74) is 3.35. The van der Waals surface area contributed by atoms with Gasteiger partial charge in [-0.1, -0.05) is 42.5 Å². The van der Waals surface area contributed by atoms with Gasteiger partial charge in [0.2, 0.25) is 5.91 Å². The van der Waals surface area contributed by atoms with Gasteiger partial charge in [-0.05, 0) is 48.1 Å². The van der Waals surface area contributed by atoms with Crippen LogP contribution in [0.3, 0.4) is 0 Å². The molecule has 1 aliphatic heterocycles. The first-order chi connectivity index (χ1) is 14.6. The molecule has 1 aromatic heterocycles. The van der Waals surface area contributed by atoms with Crippen LogP contribution in [0.1, 0.15) is 39.3 Å². The minimum atomic E-state index is -0.205. The van der Waals surface area contributed by atoms with Gasteiger partial charge in [0, 0.05) is 24.0 Å². The third-order valence-corrected chi connectivity index (χ3v) is 6.49. The molecule has 0 spiro atoms. The summed E-state index contributed by atoms with van der Waals surface area (Å²) in [5.74, 6) is -0.312. The summed E-state index contributed by atoms with van der Waals surface area (Å²) in [6.45, 7) is 3.75. The number of nitrogens with zero attached hydrogens (tertiary/aromatic N) is 1. The number of nitrogens with one attached hydrogen (secondary N) is 2. The number of amides is 2. The summed E-state index contributed by atoms with van der Waals surface area (Å²) in [6.07, 6.45) is 0.975. The van der Waals surface area contributed by atoms with Crippen molar-refractivity contribution in [2.24, 2.45) is 0 Å². The molecule has 0 saturated carbocycles. The SMILES string of the molecule is CC1c2ccsc2CCN1CC(=O)Nc1ccccc1C(=O)NCc1ccccc1. The van der Waals surface area contributed by atoms with Gasteiger partial charge in [-0.25, -0.2) is 0 Å². The predicted molar refractivity (Wildman–Crippen MR) is 121 cm³/mol. The number of hydrogen-bond acceptors (Lipinski definition) is 4. The molecule has 154 valence electrons. The van der Waals surface area contributed by atoms with Crippen molar-refractivity contribution in [1.29, 1.82) is 0 Å². The molecule has 0 bridgehead atoms. The molecule has 0 fully saturated rings. The van der Waals surface area contributed by atoms with Crippen LogP contribution in [0.25, 0.3) is 0 Å². The third-order valence-electron chi connectivity index (χ3n) is 5.49. The van der Waals surface area contributed by atoms with Gasteiger partial charge >= 0.3 is 0 Å². The van der Waals surface area contributed by atoms with Crippen molar-refractivity contribution in [3.63, 3.8) is 0 Å². The Morgan fingerprint density at radius 2 is 1.83 bits per heavy atom. The molecule has 1 unspecified atom stereocenters. The molecule has 6 heteroatoms. The summed E-state index contributed by atoms with van der Waals surface area (Å²) in [5, 5.41) is 7.98. The summed E-state index contributed by atoms with van der Waals surface area (Å²) in [7, 11) is 0. The largest absolute Gasteiger partial charge is 0.348 e. The highest BCUT2D eigenvalue weighted by Gasteiger charge is 2.26. The first-order valence-electron chi connectivity index (χ1n) is 10.1. The molecule has 0 aliphatic carbocycles. The van der Waals surface area contributed by atoms with E-state index in [-0.39, 0.29) is 17.9 Å². The van der Waals surface area contributed by atoms with Crippen molar-refractivity contribution in [3.8, 4) is 0 Å². The van der Waals surface area contributed by atoms with Gasteiger partial charge in [-0.2, -0.15) is 0 Å². The quantitative estimate of drug-likeness (QED) is 0.628. The molecule has 0 radical (unpaired) electrons. The Balaban J connectivity index is 1.39. The maximum absolute atomic E-state index is 12.7. The van der Waals surface area contributed by atoms with Crippen molar-refractivity contribution in [2.75, 3.05) is 18.4 Å². The molecule has 1 atom stereocenters. The highest BCUT2D eigenvalue weighted by Crippen LogP contribution is 2.32. The van der Waals surface area contributed by atoms with E-state index in [1.165, 1.54) is 10.4 Å². The van der Waals surface area contributed by atoms with Gasteiger partial charge in [0.25, 0.3) is 5.91 Å². The van der Waals surface area contributed by atoms with E-state index in [2.05, 4.69) is 33.9 Å². The molecule has 30 heavy (non-hydrogen) atoms. The highest BCUT2D eigenvalue weighted by atomic mass is 32.1. The summed E-state index contributed by atoms with van der Waals surface area (Å²) in [4.78, 5) is 29.0. The maximum atomic E-state index is 12.7. The standard InChI is InChI=1S/C24H25N3O2S/c1-17-19-12-14-30-22(19)11-13-27(17)16-23(28)26-21-10-6-5-9-20(21)24(29)25-15-18-7-3-2-4-8-18/h2-10,12,14,17H,11,13,15-16H2,1H3,(H,25,29)(H,26,28). The van der Waals surface area contributed by atoms with Gasteiger partial charge < -0.3 is 10.6 Å². The highest BCUT2D eigenvalue weighted by molar-refractivity contribution is 7.10. The second-order valence-electron chi connectivity index (χ2n) is 7.46. The van der Waals surface area contributed by atoms with E-state index in [1.807, 2.05) is 36.4 Å². The van der Waals surface area contributed by atoms with Gasteiger partial charge in [-0.15, -0.1) is 11.3 Å². The van der Waals surface area contributed by atoms with E-state index in [9.17, 15) is 9.59 Å². The summed E-state index contributed by atoms with van der Waals surface area (Å²) >= 11 is 1.79. The lowest BCUT2D eigenvalue weighted by atomic mass is 10.0. The Bertz CT molecular complexity index is 1030. The molecule has 2 heterocycles. The van der Waals surface area contributed by atoms with Crippen molar-refractivity contribution in [3.05, 3.63) is 87.6 Å². The zero-order valence-electron chi connectivity index (χ0n) is 16.9. The number of hydrogen-bond donors (Lipinski definition) is 2. The molecule has 3 aromatic rings. The van der Waals surface area contributed by atoms with E-state index in [1.54, 1.807) is 29.5 Å². The van der Waals surface area contributed by atoms with Crippen LogP contribution in [0, 0.1) is 0 Å². The van der Waals surface area contributed by atoms with E-state index in [0.717, 1.165) is 18.5 Å². The fraction of sp³-hybridized carbons (Fsp3) is 0.250. The number of carbonyl (C=O) groups is 2. The number of carbonyl (C=O) groups excluding carboxylic acids is 2. The Hall–Kier alpha value is -2.96. The Morgan fingerprint density at radius 3 is 2.67 bits per heavy atom. The first kappa shape index (κ1) is 20.3. The number of para-hydroxylation sites is 1. The summed E-state index contributed by atoms with van der Waals surface area (Å²) in [6, 6.07) is 19.3. The number of fused-ring (bicyclic) bond motifs is 1. The average Bonchev–Trinajstić information content (AvgIpc) is 3.25. The topological polar surface area (TPSA) is 61.4 Å². The Morgan fingerprint density at radius 1 is 1.07 bits per heavy atom. The summed E-state index contributed by atoms with van der Waals surface area (Å²) < 4.78 is 0. The second kappa shape index (κ2) is 9.24. The van der Waals surface area contributed by atoms with Gasteiger partial charge in [0.15, 0.2) is 0 Å². The van der Waals surface area contributed by atoms with Crippen LogP contribution >= 0.6 is 11.3 Å². The lowest BCUT2D eigenvalue weighted by Gasteiger charge is -2.33. The predicted octanol–water partition coefficient (Wildman–Crippen LogP) is 4.24. The molecule has 4 rings (SSSR count). The van der Waals surface area contributed by atoms with Crippen molar-refractivity contribution in [1.82, 2.24) is 10.2 Å². The zero-order chi connectivity index (χ0) is 20.9. The van der Waals surface area contributed by atoms with Crippen LogP contribution in [0.2, 0.25) is 0 Å². The maximum Gasteiger partial charge on any atom is 0.253 e. The smallest absolute Gasteiger partial charge is 0.253 e. The fourth-order valence-corrected chi connectivity index (χ4v) is 4.78. The van der Waals surface area contributed by atoms with Crippen molar-refractivity contribution < 1.29 is 9.59 Å². The van der Waals surface area contributed by atoms with Crippen LogP contribution in [0.4, 0.5) is 5.69 Å². The number of thiophene rings is 1. The normalized spacial score (nSPS) is 16.0. The van der Waals surface area contributed by atoms with E-state index in [4.69, 9.17) is 0 Å². The lowest BCUT2D eigenvalue weighted by molar-refractivity contribution is -0.117. The van der Waals surface area contributed by atoms with Gasteiger partial charge in [0.05, 0.1) is 17.8 Å². The first-order valence-corrected chi connectivity index (χ1v) is 11.0. The molecule has 1 aliphatic rings. The van der Waals surface area contributed by atoms with E-state index >= 15 is 0 Å². The van der Waals surface area contributed by atoms with Crippen LogP contribution in [-0.2, 0) is 17.8 Å². The molecule has 5 nitrogen and oxygen atoms in total. The zero-order valence-corrected chi connectivity index (χ0v) is 17.7. The minimum absolute atomic E-state index is 0.108. The lowest BCUT2D eigenvalue weighted by Crippen LogP contribution is -2.39. The number of anilines is 1. The van der Waals surface area contributed by atoms with E-state index < -0.39 is 0 Å².